The van der Waals surface area contributed by atoms with Gasteiger partial charge in [0.1, 0.15) is 29.5 Å². The number of benzene rings is 2. The third-order valence-corrected chi connectivity index (χ3v) is 4.50. The van der Waals surface area contributed by atoms with Crippen molar-refractivity contribution >= 4 is 28.9 Å². The highest BCUT2D eigenvalue weighted by atomic mass is 16.5. The lowest BCUT2D eigenvalue weighted by Crippen LogP contribution is -2.19. The molecule has 0 bridgehead atoms. The number of hydrogen-bond acceptors (Lipinski definition) is 6. The molecule has 156 valence electrons. The van der Waals surface area contributed by atoms with Crippen molar-refractivity contribution in [3.8, 4) is 11.6 Å². The highest BCUT2D eigenvalue weighted by Crippen LogP contribution is 2.24. The number of para-hydroxylation sites is 2. The monoisotopic (exact) mass is 415 g/mol. The standard InChI is InChI=1S/C22H21N7O2/c1-15-23-11-12-29(15)21-13-20(24-14-25-21)26-16-7-9-17(10-8-16)27-22(30)28-18-5-3-4-6-19(18)31-2/h3-14H,1-2H3,(H,24,25,26)(H2,27,28,30). The topological polar surface area (TPSA) is 106 Å². The van der Waals surface area contributed by atoms with Crippen LogP contribution in [0.5, 0.6) is 5.75 Å². The summed E-state index contributed by atoms with van der Waals surface area (Å²) >= 11 is 0. The number of hydrogen-bond donors (Lipinski definition) is 3. The molecule has 2 aromatic heterocycles. The average Bonchev–Trinajstić information content (AvgIpc) is 3.21. The van der Waals surface area contributed by atoms with Gasteiger partial charge in [0.2, 0.25) is 0 Å². The van der Waals surface area contributed by atoms with Gasteiger partial charge in [0.25, 0.3) is 0 Å². The van der Waals surface area contributed by atoms with E-state index in [1.54, 1.807) is 37.6 Å². The van der Waals surface area contributed by atoms with Crippen LogP contribution >= 0.6 is 0 Å². The summed E-state index contributed by atoms with van der Waals surface area (Å²) in [4.78, 5) is 25.0. The molecule has 2 aromatic carbocycles. The Morgan fingerprint density at radius 2 is 1.74 bits per heavy atom. The number of nitrogens with one attached hydrogen (secondary N) is 3. The van der Waals surface area contributed by atoms with E-state index in [0.717, 1.165) is 17.3 Å². The number of carbonyl (C=O) groups is 1. The van der Waals surface area contributed by atoms with Crippen LogP contribution < -0.4 is 20.7 Å². The molecule has 0 atom stereocenters. The highest BCUT2D eigenvalue weighted by Gasteiger charge is 2.08. The maximum Gasteiger partial charge on any atom is 0.323 e. The lowest BCUT2D eigenvalue weighted by atomic mass is 10.2. The molecule has 0 aliphatic carbocycles. The van der Waals surface area contributed by atoms with Gasteiger partial charge in [0, 0.05) is 29.8 Å². The molecule has 9 heteroatoms. The Morgan fingerprint density at radius 1 is 0.968 bits per heavy atom. The van der Waals surface area contributed by atoms with Crippen LogP contribution in [0.4, 0.5) is 27.7 Å². The molecule has 0 saturated heterocycles. The molecule has 9 nitrogen and oxygen atoms in total. The van der Waals surface area contributed by atoms with Gasteiger partial charge in [0.15, 0.2) is 0 Å². The highest BCUT2D eigenvalue weighted by molar-refractivity contribution is 6.00. The zero-order valence-electron chi connectivity index (χ0n) is 17.0. The SMILES string of the molecule is COc1ccccc1NC(=O)Nc1ccc(Nc2cc(-n3ccnc3C)ncn2)cc1. The van der Waals surface area contributed by atoms with Crippen molar-refractivity contribution in [3.63, 3.8) is 0 Å². The lowest BCUT2D eigenvalue weighted by molar-refractivity contribution is 0.262. The van der Waals surface area contributed by atoms with Crippen LogP contribution in [0.2, 0.25) is 0 Å². The van der Waals surface area contributed by atoms with E-state index >= 15 is 0 Å². The Bertz CT molecular complexity index is 1190. The van der Waals surface area contributed by atoms with Crippen LogP contribution in [-0.4, -0.2) is 32.7 Å². The Hall–Kier alpha value is -4.40. The predicted octanol–water partition coefficient (Wildman–Crippen LogP) is 4.37. The lowest BCUT2D eigenvalue weighted by Gasteiger charge is -2.12. The summed E-state index contributed by atoms with van der Waals surface area (Å²) in [5.74, 6) is 2.80. The molecule has 0 spiro atoms. The van der Waals surface area contributed by atoms with Crippen molar-refractivity contribution in [2.24, 2.45) is 0 Å². The number of aromatic nitrogens is 4. The van der Waals surface area contributed by atoms with Crippen molar-refractivity contribution in [2.45, 2.75) is 6.92 Å². The summed E-state index contributed by atoms with van der Waals surface area (Å²) in [7, 11) is 1.56. The molecule has 0 aliphatic heterocycles. The van der Waals surface area contributed by atoms with Crippen molar-refractivity contribution in [1.29, 1.82) is 0 Å². The molecule has 0 unspecified atom stereocenters. The third kappa shape index (κ3) is 4.78. The van der Waals surface area contributed by atoms with Crippen molar-refractivity contribution in [3.05, 3.63) is 79.1 Å². The first-order valence-corrected chi connectivity index (χ1v) is 9.53. The summed E-state index contributed by atoms with van der Waals surface area (Å²) in [5.41, 5.74) is 2.06. The van der Waals surface area contributed by atoms with E-state index < -0.39 is 0 Å². The van der Waals surface area contributed by atoms with Crippen LogP contribution in [0.3, 0.4) is 0 Å². The average molecular weight is 415 g/mol. The minimum atomic E-state index is -0.360. The molecule has 0 fully saturated rings. The fourth-order valence-corrected chi connectivity index (χ4v) is 2.98. The fourth-order valence-electron chi connectivity index (χ4n) is 2.98. The van der Waals surface area contributed by atoms with Crippen LogP contribution in [-0.2, 0) is 0 Å². The fraction of sp³-hybridized carbons (Fsp3) is 0.0909. The van der Waals surface area contributed by atoms with E-state index in [9.17, 15) is 4.79 Å². The van der Waals surface area contributed by atoms with Gasteiger partial charge in [-0.3, -0.25) is 4.57 Å². The van der Waals surface area contributed by atoms with Crippen LogP contribution in [0.25, 0.3) is 5.82 Å². The largest absolute Gasteiger partial charge is 0.495 e. The van der Waals surface area contributed by atoms with Gasteiger partial charge in [-0.2, -0.15) is 0 Å². The van der Waals surface area contributed by atoms with Gasteiger partial charge in [0.05, 0.1) is 12.8 Å². The molecule has 0 saturated carbocycles. The van der Waals surface area contributed by atoms with Gasteiger partial charge in [-0.25, -0.2) is 19.7 Å². The van der Waals surface area contributed by atoms with Crippen LogP contribution in [0, 0.1) is 6.92 Å². The summed E-state index contributed by atoms with van der Waals surface area (Å²) < 4.78 is 7.12. The van der Waals surface area contributed by atoms with Gasteiger partial charge in [-0.15, -0.1) is 0 Å². The summed E-state index contributed by atoms with van der Waals surface area (Å²) in [6.07, 6.45) is 5.06. The second-order valence-corrected chi connectivity index (χ2v) is 6.59. The van der Waals surface area contributed by atoms with E-state index in [1.165, 1.54) is 6.33 Å². The van der Waals surface area contributed by atoms with Gasteiger partial charge in [-0.05, 0) is 43.3 Å². The summed E-state index contributed by atoms with van der Waals surface area (Å²) in [6.45, 7) is 1.91. The summed E-state index contributed by atoms with van der Waals surface area (Å²) in [5, 5.41) is 8.80. The zero-order chi connectivity index (χ0) is 21.6. The Morgan fingerprint density at radius 3 is 2.48 bits per heavy atom. The van der Waals surface area contributed by atoms with Crippen molar-refractivity contribution in [1.82, 2.24) is 19.5 Å². The van der Waals surface area contributed by atoms with E-state index in [2.05, 4.69) is 30.9 Å². The maximum atomic E-state index is 12.3. The number of anilines is 4. The molecular weight excluding hydrogens is 394 g/mol. The zero-order valence-corrected chi connectivity index (χ0v) is 17.0. The van der Waals surface area contributed by atoms with Crippen LogP contribution in [0.1, 0.15) is 5.82 Å². The Kier molecular flexibility index (Phi) is 5.75. The number of amides is 2. The Labute approximate surface area is 179 Å². The van der Waals surface area contributed by atoms with E-state index in [4.69, 9.17) is 4.74 Å². The van der Waals surface area contributed by atoms with Crippen molar-refractivity contribution in [2.75, 3.05) is 23.1 Å². The van der Waals surface area contributed by atoms with Crippen molar-refractivity contribution < 1.29 is 9.53 Å². The number of nitrogens with zero attached hydrogens (tertiary/aromatic N) is 4. The molecule has 31 heavy (non-hydrogen) atoms. The normalized spacial score (nSPS) is 10.4. The van der Waals surface area contributed by atoms with Gasteiger partial charge < -0.3 is 20.7 Å². The molecule has 4 aromatic rings. The molecule has 2 heterocycles. The first-order valence-electron chi connectivity index (χ1n) is 9.53. The number of carbonyl (C=O) groups excluding carboxylic acids is 1. The Balaban J connectivity index is 1.40. The number of ether oxygens (including phenoxy) is 1. The maximum absolute atomic E-state index is 12.3. The number of urea groups is 1. The number of rotatable bonds is 6. The molecular formula is C22H21N7O2. The second kappa shape index (κ2) is 8.95. The molecule has 2 amide bonds. The third-order valence-electron chi connectivity index (χ3n) is 4.50. The van der Waals surface area contributed by atoms with Gasteiger partial charge >= 0.3 is 6.03 Å². The quantitative estimate of drug-likeness (QED) is 0.432. The van der Waals surface area contributed by atoms with E-state index in [1.807, 2.05) is 48.0 Å². The summed E-state index contributed by atoms with van der Waals surface area (Å²) in [6, 6.07) is 16.0. The molecule has 3 N–H and O–H groups in total. The molecule has 0 aliphatic rings. The first kappa shape index (κ1) is 19.9. The predicted molar refractivity (Wildman–Crippen MR) is 119 cm³/mol. The van der Waals surface area contributed by atoms with E-state index in [0.29, 0.717) is 22.9 Å². The smallest absolute Gasteiger partial charge is 0.323 e. The van der Waals surface area contributed by atoms with E-state index in [-0.39, 0.29) is 6.03 Å². The minimum absolute atomic E-state index is 0.360. The van der Waals surface area contributed by atoms with Gasteiger partial charge in [-0.1, -0.05) is 12.1 Å². The first-order chi connectivity index (χ1) is 15.1. The molecule has 4 rings (SSSR count). The minimum Gasteiger partial charge on any atom is -0.495 e. The number of aryl methyl sites for hydroxylation is 1. The number of methoxy groups -OCH3 is 1. The second-order valence-electron chi connectivity index (χ2n) is 6.59. The van der Waals surface area contributed by atoms with Crippen LogP contribution in [0.15, 0.2) is 73.3 Å². The number of imidazole rings is 1. The molecule has 0 radical (unpaired) electrons.